The molecule has 0 aliphatic carbocycles. The van der Waals surface area contributed by atoms with Gasteiger partial charge in [0.1, 0.15) is 12.1 Å². The van der Waals surface area contributed by atoms with Crippen LogP contribution in [0.25, 0.3) is 10.9 Å². The largest absolute Gasteiger partial charge is 0.344 e. The van der Waals surface area contributed by atoms with E-state index in [0.29, 0.717) is 23.9 Å². The van der Waals surface area contributed by atoms with E-state index in [1.165, 1.54) is 0 Å². The van der Waals surface area contributed by atoms with Gasteiger partial charge in [-0.2, -0.15) is 0 Å². The third kappa shape index (κ3) is 3.45. The molecule has 0 unspecified atom stereocenters. The van der Waals surface area contributed by atoms with Crippen LogP contribution in [0.2, 0.25) is 0 Å². The molecular formula is C17H17N5O2. The number of benzene rings is 1. The van der Waals surface area contributed by atoms with Gasteiger partial charge in [-0.05, 0) is 24.3 Å². The van der Waals surface area contributed by atoms with Gasteiger partial charge in [0.25, 0.3) is 5.56 Å². The van der Waals surface area contributed by atoms with Gasteiger partial charge >= 0.3 is 0 Å². The second kappa shape index (κ2) is 6.99. The Morgan fingerprint density at radius 1 is 1.17 bits per heavy atom. The molecule has 0 saturated heterocycles. The Hall–Kier alpha value is -3.09. The summed E-state index contributed by atoms with van der Waals surface area (Å²) in [6.07, 6.45) is 2.38. The minimum Gasteiger partial charge on any atom is -0.344 e. The maximum atomic E-state index is 12.3. The molecule has 7 nitrogen and oxygen atoms in total. The third-order valence-electron chi connectivity index (χ3n) is 3.77. The van der Waals surface area contributed by atoms with Crippen molar-refractivity contribution in [2.45, 2.75) is 13.0 Å². The molecule has 0 N–H and O–H groups in total. The molecule has 3 rings (SSSR count). The van der Waals surface area contributed by atoms with Gasteiger partial charge in [-0.15, -0.1) is 5.10 Å². The second-order valence-corrected chi connectivity index (χ2v) is 5.46. The van der Waals surface area contributed by atoms with Crippen LogP contribution in [0, 0.1) is 0 Å². The SMILES string of the molecule is CN(CCc1ccccn1)C(=O)Cn1nnc2ccccc2c1=O. The van der Waals surface area contributed by atoms with Crippen molar-refractivity contribution in [3.05, 3.63) is 64.7 Å². The first-order valence-electron chi connectivity index (χ1n) is 7.61. The zero-order valence-electron chi connectivity index (χ0n) is 13.3. The molecule has 1 amide bonds. The second-order valence-electron chi connectivity index (χ2n) is 5.46. The Balaban J connectivity index is 1.68. The quantitative estimate of drug-likeness (QED) is 0.696. The lowest BCUT2D eigenvalue weighted by atomic mass is 10.2. The van der Waals surface area contributed by atoms with E-state index in [-0.39, 0.29) is 18.0 Å². The summed E-state index contributed by atoms with van der Waals surface area (Å²) >= 11 is 0. The Labute approximate surface area is 138 Å². The highest BCUT2D eigenvalue weighted by atomic mass is 16.2. The highest BCUT2D eigenvalue weighted by molar-refractivity contribution is 5.78. The van der Waals surface area contributed by atoms with Gasteiger partial charge in [-0.25, -0.2) is 4.68 Å². The van der Waals surface area contributed by atoms with Crippen LogP contribution in [0.5, 0.6) is 0 Å². The zero-order chi connectivity index (χ0) is 16.9. The van der Waals surface area contributed by atoms with Gasteiger partial charge in [0.15, 0.2) is 0 Å². The fourth-order valence-corrected chi connectivity index (χ4v) is 2.33. The van der Waals surface area contributed by atoms with Crippen LogP contribution < -0.4 is 5.56 Å². The predicted octanol–water partition coefficient (Wildman–Crippen LogP) is 0.888. The fraction of sp³-hybridized carbons (Fsp3) is 0.235. The molecular weight excluding hydrogens is 306 g/mol. The van der Waals surface area contributed by atoms with E-state index in [1.54, 1.807) is 42.4 Å². The van der Waals surface area contributed by atoms with Gasteiger partial charge in [0.05, 0.1) is 5.39 Å². The van der Waals surface area contributed by atoms with Crippen LogP contribution >= 0.6 is 0 Å². The van der Waals surface area contributed by atoms with Crippen LogP contribution in [0.4, 0.5) is 0 Å². The molecule has 0 bridgehead atoms. The maximum Gasteiger partial charge on any atom is 0.278 e. The summed E-state index contributed by atoms with van der Waals surface area (Å²) in [4.78, 5) is 30.4. The standard InChI is InChI=1S/C17H17N5O2/c1-21(11-9-13-6-4-5-10-18-13)16(23)12-22-17(24)14-7-2-3-8-15(14)19-20-22/h2-8,10H,9,11-12H2,1H3. The molecule has 3 aromatic rings. The molecule has 0 aliphatic rings. The molecule has 0 spiro atoms. The number of hydrogen-bond donors (Lipinski definition) is 0. The van der Waals surface area contributed by atoms with Gasteiger partial charge < -0.3 is 4.90 Å². The van der Waals surface area contributed by atoms with E-state index in [4.69, 9.17) is 0 Å². The molecule has 0 fully saturated rings. The molecule has 0 saturated carbocycles. The number of amides is 1. The number of rotatable bonds is 5. The molecule has 7 heteroatoms. The van der Waals surface area contributed by atoms with Gasteiger partial charge in [-0.1, -0.05) is 23.4 Å². The highest BCUT2D eigenvalue weighted by Crippen LogP contribution is 2.03. The van der Waals surface area contributed by atoms with E-state index in [1.807, 2.05) is 18.2 Å². The summed E-state index contributed by atoms with van der Waals surface area (Å²) in [5.74, 6) is -0.197. The number of aromatic nitrogens is 4. The normalized spacial score (nSPS) is 10.7. The number of carbonyl (C=O) groups is 1. The van der Waals surface area contributed by atoms with Crippen LogP contribution in [-0.4, -0.2) is 44.4 Å². The summed E-state index contributed by atoms with van der Waals surface area (Å²) in [5.41, 5.74) is 1.13. The van der Waals surface area contributed by atoms with Crippen molar-refractivity contribution in [1.82, 2.24) is 24.9 Å². The van der Waals surface area contributed by atoms with Crippen molar-refractivity contribution in [1.29, 1.82) is 0 Å². The molecule has 2 heterocycles. The average molecular weight is 323 g/mol. The lowest BCUT2D eigenvalue weighted by molar-refractivity contribution is -0.130. The van der Waals surface area contributed by atoms with Crippen molar-refractivity contribution in [2.24, 2.45) is 0 Å². The fourth-order valence-electron chi connectivity index (χ4n) is 2.33. The maximum absolute atomic E-state index is 12.3. The monoisotopic (exact) mass is 323 g/mol. The lowest BCUT2D eigenvalue weighted by Crippen LogP contribution is -2.36. The van der Waals surface area contributed by atoms with E-state index >= 15 is 0 Å². The number of carbonyl (C=O) groups excluding carboxylic acids is 1. The minimum absolute atomic E-state index is 0.130. The van der Waals surface area contributed by atoms with Crippen molar-refractivity contribution >= 4 is 16.8 Å². The summed E-state index contributed by atoms with van der Waals surface area (Å²) < 4.78 is 1.10. The number of fused-ring (bicyclic) bond motifs is 1. The molecule has 0 aliphatic heterocycles. The number of pyridine rings is 1. The Morgan fingerprint density at radius 2 is 1.96 bits per heavy atom. The molecule has 0 radical (unpaired) electrons. The molecule has 0 atom stereocenters. The van der Waals surface area contributed by atoms with Crippen molar-refractivity contribution in [3.8, 4) is 0 Å². The minimum atomic E-state index is -0.313. The average Bonchev–Trinajstić information content (AvgIpc) is 2.63. The summed E-state index contributed by atoms with van der Waals surface area (Å²) in [6, 6.07) is 12.6. The van der Waals surface area contributed by atoms with Gasteiger partial charge in [0.2, 0.25) is 5.91 Å². The Kier molecular flexibility index (Phi) is 4.60. The summed E-state index contributed by atoms with van der Waals surface area (Å²) in [6.45, 7) is 0.390. The number of nitrogens with zero attached hydrogens (tertiary/aromatic N) is 5. The summed E-state index contributed by atoms with van der Waals surface area (Å²) in [5, 5.41) is 8.28. The third-order valence-corrected chi connectivity index (χ3v) is 3.77. The predicted molar refractivity (Wildman–Crippen MR) is 89.4 cm³/mol. The highest BCUT2D eigenvalue weighted by Gasteiger charge is 2.13. The van der Waals surface area contributed by atoms with Gasteiger partial charge in [0, 0.05) is 31.9 Å². The molecule has 24 heavy (non-hydrogen) atoms. The Morgan fingerprint density at radius 3 is 2.75 bits per heavy atom. The molecule has 1 aromatic carbocycles. The van der Waals surface area contributed by atoms with Crippen molar-refractivity contribution in [3.63, 3.8) is 0 Å². The zero-order valence-corrected chi connectivity index (χ0v) is 13.3. The smallest absolute Gasteiger partial charge is 0.278 e. The Bertz CT molecular complexity index is 908. The molecule has 2 aromatic heterocycles. The van der Waals surface area contributed by atoms with E-state index in [2.05, 4.69) is 15.3 Å². The van der Waals surface area contributed by atoms with Crippen LogP contribution in [-0.2, 0) is 17.8 Å². The summed E-state index contributed by atoms with van der Waals surface area (Å²) in [7, 11) is 1.70. The van der Waals surface area contributed by atoms with Crippen LogP contribution in [0.15, 0.2) is 53.5 Å². The first-order chi connectivity index (χ1) is 11.6. The van der Waals surface area contributed by atoms with E-state index in [0.717, 1.165) is 10.4 Å². The van der Waals surface area contributed by atoms with Crippen LogP contribution in [0.3, 0.4) is 0 Å². The first kappa shape index (κ1) is 15.8. The van der Waals surface area contributed by atoms with Crippen molar-refractivity contribution < 1.29 is 4.79 Å². The topological polar surface area (TPSA) is 81.0 Å². The van der Waals surface area contributed by atoms with Crippen molar-refractivity contribution in [2.75, 3.05) is 13.6 Å². The van der Waals surface area contributed by atoms with E-state index in [9.17, 15) is 9.59 Å². The van der Waals surface area contributed by atoms with Gasteiger partial charge in [-0.3, -0.25) is 14.6 Å². The van der Waals surface area contributed by atoms with Crippen LogP contribution in [0.1, 0.15) is 5.69 Å². The number of hydrogen-bond acceptors (Lipinski definition) is 5. The first-order valence-corrected chi connectivity index (χ1v) is 7.61. The van der Waals surface area contributed by atoms with E-state index < -0.39 is 0 Å². The molecule has 122 valence electrons. The lowest BCUT2D eigenvalue weighted by Gasteiger charge is -2.17. The number of likely N-dealkylation sites (N-methyl/N-ethyl adjacent to an activating group) is 1.